The molecular formula is C11H16F3N3. The average Bonchev–Trinajstić information content (AvgIpc) is 2.28. The second-order valence-electron chi connectivity index (χ2n) is 3.56. The van der Waals surface area contributed by atoms with Crippen LogP contribution in [0.25, 0.3) is 0 Å². The standard InChI is InChI=1S/C11H16F3N3/c1-2-15-6-3-7-16-10-5-4-9(8-17-10)11(12,13)14/h4-5,8,15H,2-3,6-7H2,1H3,(H,16,17). The van der Waals surface area contributed by atoms with Gasteiger partial charge in [-0.3, -0.25) is 0 Å². The summed E-state index contributed by atoms with van der Waals surface area (Å²) >= 11 is 0. The first-order valence-electron chi connectivity index (χ1n) is 5.52. The minimum absolute atomic E-state index is 0.467. The molecule has 1 aromatic heterocycles. The van der Waals surface area contributed by atoms with Crippen molar-refractivity contribution in [2.45, 2.75) is 19.5 Å². The Bertz CT molecular complexity index is 322. The molecular weight excluding hydrogens is 231 g/mol. The summed E-state index contributed by atoms with van der Waals surface area (Å²) in [5, 5.41) is 6.12. The van der Waals surface area contributed by atoms with Gasteiger partial charge in [-0.05, 0) is 31.6 Å². The molecule has 0 saturated heterocycles. The third kappa shape index (κ3) is 5.04. The van der Waals surface area contributed by atoms with Crippen LogP contribution < -0.4 is 10.6 Å². The molecule has 17 heavy (non-hydrogen) atoms. The van der Waals surface area contributed by atoms with Crippen molar-refractivity contribution in [1.29, 1.82) is 0 Å². The molecule has 0 aliphatic rings. The lowest BCUT2D eigenvalue weighted by Crippen LogP contribution is -2.17. The molecule has 0 aliphatic carbocycles. The summed E-state index contributed by atoms with van der Waals surface area (Å²) in [7, 11) is 0. The van der Waals surface area contributed by atoms with Crippen molar-refractivity contribution in [3.05, 3.63) is 23.9 Å². The Morgan fingerprint density at radius 2 is 2.00 bits per heavy atom. The van der Waals surface area contributed by atoms with Gasteiger partial charge in [-0.2, -0.15) is 13.2 Å². The van der Waals surface area contributed by atoms with Crippen molar-refractivity contribution in [1.82, 2.24) is 10.3 Å². The number of alkyl halides is 3. The Morgan fingerprint density at radius 3 is 2.53 bits per heavy atom. The van der Waals surface area contributed by atoms with Crippen LogP contribution >= 0.6 is 0 Å². The van der Waals surface area contributed by atoms with Crippen LogP contribution in [0.5, 0.6) is 0 Å². The largest absolute Gasteiger partial charge is 0.417 e. The highest BCUT2D eigenvalue weighted by atomic mass is 19.4. The molecule has 0 aromatic carbocycles. The fourth-order valence-corrected chi connectivity index (χ4v) is 1.27. The van der Waals surface area contributed by atoms with E-state index < -0.39 is 11.7 Å². The summed E-state index contributed by atoms with van der Waals surface area (Å²) in [6.45, 7) is 4.50. The number of halogens is 3. The maximum atomic E-state index is 12.2. The normalized spacial score (nSPS) is 11.5. The van der Waals surface area contributed by atoms with Crippen LogP contribution in [0, 0.1) is 0 Å². The molecule has 2 N–H and O–H groups in total. The second kappa shape index (κ2) is 6.44. The number of hydrogen-bond donors (Lipinski definition) is 2. The minimum atomic E-state index is -4.32. The van der Waals surface area contributed by atoms with Gasteiger partial charge in [0.05, 0.1) is 5.56 Å². The zero-order valence-corrected chi connectivity index (χ0v) is 9.64. The number of aromatic nitrogens is 1. The van der Waals surface area contributed by atoms with Crippen LogP contribution in [0.2, 0.25) is 0 Å². The average molecular weight is 247 g/mol. The van der Waals surface area contributed by atoms with E-state index in [1.54, 1.807) is 0 Å². The zero-order chi connectivity index (χ0) is 12.7. The molecule has 0 spiro atoms. The van der Waals surface area contributed by atoms with E-state index in [-0.39, 0.29) is 0 Å². The summed E-state index contributed by atoms with van der Waals surface area (Å²) in [5.41, 5.74) is -0.726. The van der Waals surface area contributed by atoms with Crippen molar-refractivity contribution in [3.63, 3.8) is 0 Å². The monoisotopic (exact) mass is 247 g/mol. The maximum Gasteiger partial charge on any atom is 0.417 e. The number of hydrogen-bond acceptors (Lipinski definition) is 3. The summed E-state index contributed by atoms with van der Waals surface area (Å²) < 4.78 is 36.7. The van der Waals surface area contributed by atoms with Gasteiger partial charge in [-0.15, -0.1) is 0 Å². The van der Waals surface area contributed by atoms with Gasteiger partial charge in [-0.25, -0.2) is 4.98 Å². The van der Waals surface area contributed by atoms with Crippen LogP contribution in [0.4, 0.5) is 19.0 Å². The highest BCUT2D eigenvalue weighted by Crippen LogP contribution is 2.28. The fraction of sp³-hybridized carbons (Fsp3) is 0.545. The summed E-state index contributed by atoms with van der Waals surface area (Å²) in [5.74, 6) is 0.467. The molecule has 0 radical (unpaired) electrons. The molecule has 0 aliphatic heterocycles. The predicted molar refractivity (Wildman–Crippen MR) is 60.9 cm³/mol. The minimum Gasteiger partial charge on any atom is -0.370 e. The Hall–Kier alpha value is -1.30. The van der Waals surface area contributed by atoms with Gasteiger partial charge in [0, 0.05) is 12.7 Å². The van der Waals surface area contributed by atoms with E-state index >= 15 is 0 Å². The summed E-state index contributed by atoms with van der Waals surface area (Å²) in [6, 6.07) is 2.37. The van der Waals surface area contributed by atoms with Gasteiger partial charge < -0.3 is 10.6 Å². The van der Waals surface area contributed by atoms with E-state index in [9.17, 15) is 13.2 Å². The topological polar surface area (TPSA) is 37.0 Å². The number of nitrogens with one attached hydrogen (secondary N) is 2. The number of anilines is 1. The molecule has 0 unspecified atom stereocenters. The van der Waals surface area contributed by atoms with E-state index in [2.05, 4.69) is 15.6 Å². The molecule has 0 amide bonds. The lowest BCUT2D eigenvalue weighted by Gasteiger charge is -2.08. The van der Waals surface area contributed by atoms with Crippen LogP contribution in [-0.4, -0.2) is 24.6 Å². The Balaban J connectivity index is 2.36. The first-order chi connectivity index (χ1) is 8.04. The van der Waals surface area contributed by atoms with Gasteiger partial charge >= 0.3 is 6.18 Å². The third-order valence-corrected chi connectivity index (χ3v) is 2.18. The van der Waals surface area contributed by atoms with E-state index in [0.717, 1.165) is 31.8 Å². The second-order valence-corrected chi connectivity index (χ2v) is 3.56. The fourth-order valence-electron chi connectivity index (χ4n) is 1.27. The molecule has 1 heterocycles. The third-order valence-electron chi connectivity index (χ3n) is 2.18. The van der Waals surface area contributed by atoms with Crippen LogP contribution in [0.1, 0.15) is 18.9 Å². The molecule has 1 rings (SSSR count). The highest BCUT2D eigenvalue weighted by Gasteiger charge is 2.30. The zero-order valence-electron chi connectivity index (χ0n) is 9.64. The van der Waals surface area contributed by atoms with Crippen molar-refractivity contribution < 1.29 is 13.2 Å². The Labute approximate surface area is 98.4 Å². The van der Waals surface area contributed by atoms with E-state index in [1.165, 1.54) is 6.07 Å². The van der Waals surface area contributed by atoms with Gasteiger partial charge in [0.1, 0.15) is 5.82 Å². The smallest absolute Gasteiger partial charge is 0.370 e. The van der Waals surface area contributed by atoms with Gasteiger partial charge in [0.15, 0.2) is 0 Å². The molecule has 3 nitrogen and oxygen atoms in total. The number of pyridine rings is 1. The van der Waals surface area contributed by atoms with Crippen molar-refractivity contribution >= 4 is 5.82 Å². The van der Waals surface area contributed by atoms with Crippen molar-refractivity contribution in [2.75, 3.05) is 25.0 Å². The molecule has 0 fully saturated rings. The molecule has 0 bridgehead atoms. The van der Waals surface area contributed by atoms with Crippen LogP contribution in [0.15, 0.2) is 18.3 Å². The maximum absolute atomic E-state index is 12.2. The van der Waals surface area contributed by atoms with Gasteiger partial charge in [-0.1, -0.05) is 6.92 Å². The molecule has 0 atom stereocenters. The van der Waals surface area contributed by atoms with E-state index in [4.69, 9.17) is 0 Å². The van der Waals surface area contributed by atoms with Crippen LogP contribution in [0.3, 0.4) is 0 Å². The van der Waals surface area contributed by atoms with Gasteiger partial charge in [0.2, 0.25) is 0 Å². The highest BCUT2D eigenvalue weighted by molar-refractivity contribution is 5.35. The lowest BCUT2D eigenvalue weighted by atomic mass is 10.3. The Morgan fingerprint density at radius 1 is 1.24 bits per heavy atom. The van der Waals surface area contributed by atoms with Gasteiger partial charge in [0.25, 0.3) is 0 Å². The van der Waals surface area contributed by atoms with E-state index in [0.29, 0.717) is 12.4 Å². The van der Waals surface area contributed by atoms with Crippen molar-refractivity contribution in [3.8, 4) is 0 Å². The molecule has 96 valence electrons. The van der Waals surface area contributed by atoms with Crippen molar-refractivity contribution in [2.24, 2.45) is 0 Å². The first-order valence-corrected chi connectivity index (χ1v) is 5.52. The molecule has 1 aromatic rings. The van der Waals surface area contributed by atoms with Crippen LogP contribution in [-0.2, 0) is 6.18 Å². The Kier molecular flexibility index (Phi) is 5.21. The number of rotatable bonds is 6. The SMILES string of the molecule is CCNCCCNc1ccc(C(F)(F)F)cn1. The molecule has 6 heteroatoms. The quantitative estimate of drug-likeness (QED) is 0.758. The number of nitrogens with zero attached hydrogens (tertiary/aromatic N) is 1. The predicted octanol–water partition coefficient (Wildman–Crippen LogP) is 2.51. The summed E-state index contributed by atoms with van der Waals surface area (Å²) in [6.07, 6.45) is -2.58. The summed E-state index contributed by atoms with van der Waals surface area (Å²) in [4.78, 5) is 3.71. The molecule has 0 saturated carbocycles. The first kappa shape index (κ1) is 13.8. The van der Waals surface area contributed by atoms with E-state index in [1.807, 2.05) is 6.92 Å². The lowest BCUT2D eigenvalue weighted by molar-refractivity contribution is -0.137.